The molecule has 0 radical (unpaired) electrons. The quantitative estimate of drug-likeness (QED) is 0.589. The van der Waals surface area contributed by atoms with Crippen LogP contribution in [0, 0.1) is 0 Å². The number of fused-ring (bicyclic) bond motifs is 1. The summed E-state index contributed by atoms with van der Waals surface area (Å²) in [4.78, 5) is 37.8. The summed E-state index contributed by atoms with van der Waals surface area (Å²) in [6, 6.07) is 16.3. The summed E-state index contributed by atoms with van der Waals surface area (Å²) in [6.45, 7) is 2.28. The van der Waals surface area contributed by atoms with E-state index < -0.39 is 5.97 Å². The van der Waals surface area contributed by atoms with Crippen molar-refractivity contribution in [3.05, 3.63) is 71.0 Å². The number of anilines is 1. The van der Waals surface area contributed by atoms with E-state index in [1.165, 1.54) is 6.20 Å². The van der Waals surface area contributed by atoms with Gasteiger partial charge in [0, 0.05) is 17.6 Å². The van der Waals surface area contributed by atoms with Crippen LogP contribution in [0.1, 0.15) is 13.3 Å². The molecule has 1 heterocycles. The Morgan fingerprint density at radius 1 is 1.07 bits per heavy atom. The standard InChI is InChI=1S/C21H21N3O4/c1-2-23(16-8-4-3-5-9-16)20(26)15-28-21(27)12-13-24-18-11-7-6-10-17(18)19(25)14-22-24/h3-11,14H,2,12-13,15H2,1H3. The first kappa shape index (κ1) is 19.3. The molecule has 28 heavy (non-hydrogen) atoms. The molecule has 1 aromatic heterocycles. The van der Waals surface area contributed by atoms with Gasteiger partial charge in [-0.3, -0.25) is 19.1 Å². The molecule has 0 unspecified atom stereocenters. The first-order valence-electron chi connectivity index (χ1n) is 9.06. The molecule has 0 aliphatic heterocycles. The van der Waals surface area contributed by atoms with Crippen molar-refractivity contribution in [1.29, 1.82) is 0 Å². The highest BCUT2D eigenvalue weighted by Gasteiger charge is 2.16. The molecule has 144 valence electrons. The van der Waals surface area contributed by atoms with E-state index in [1.54, 1.807) is 33.8 Å². The Bertz CT molecular complexity index is 1030. The van der Waals surface area contributed by atoms with E-state index in [0.29, 0.717) is 17.4 Å². The summed E-state index contributed by atoms with van der Waals surface area (Å²) in [5, 5.41) is 4.62. The molecule has 0 atom stereocenters. The zero-order chi connectivity index (χ0) is 19.9. The van der Waals surface area contributed by atoms with Gasteiger partial charge in [0.05, 0.1) is 24.7 Å². The molecule has 0 aliphatic carbocycles. The van der Waals surface area contributed by atoms with Crippen molar-refractivity contribution in [3.8, 4) is 0 Å². The highest BCUT2D eigenvalue weighted by Crippen LogP contribution is 2.13. The Morgan fingerprint density at radius 2 is 1.79 bits per heavy atom. The van der Waals surface area contributed by atoms with E-state index in [0.717, 1.165) is 5.69 Å². The average Bonchev–Trinajstić information content (AvgIpc) is 2.73. The lowest BCUT2D eigenvalue weighted by atomic mass is 10.2. The molecule has 0 saturated heterocycles. The van der Waals surface area contributed by atoms with Crippen LogP contribution < -0.4 is 10.3 Å². The Kier molecular flexibility index (Phi) is 6.16. The summed E-state index contributed by atoms with van der Waals surface area (Å²) >= 11 is 0. The summed E-state index contributed by atoms with van der Waals surface area (Å²) in [5.74, 6) is -0.781. The van der Waals surface area contributed by atoms with Gasteiger partial charge < -0.3 is 9.64 Å². The number of benzene rings is 2. The Labute approximate surface area is 162 Å². The number of aryl methyl sites for hydroxylation is 1. The molecule has 0 N–H and O–H groups in total. The summed E-state index contributed by atoms with van der Waals surface area (Å²) < 4.78 is 6.72. The second kappa shape index (κ2) is 8.94. The van der Waals surface area contributed by atoms with Crippen molar-refractivity contribution in [2.75, 3.05) is 18.1 Å². The minimum absolute atomic E-state index is 0.0462. The number of hydrogen-bond donors (Lipinski definition) is 0. The second-order valence-electron chi connectivity index (χ2n) is 6.13. The maximum absolute atomic E-state index is 12.4. The third kappa shape index (κ3) is 4.43. The minimum atomic E-state index is -0.498. The van der Waals surface area contributed by atoms with Gasteiger partial charge in [-0.25, -0.2) is 0 Å². The van der Waals surface area contributed by atoms with E-state index in [-0.39, 0.29) is 30.9 Å². The fourth-order valence-electron chi connectivity index (χ4n) is 2.94. The lowest BCUT2D eigenvalue weighted by molar-refractivity contribution is -0.148. The SMILES string of the molecule is CCN(C(=O)COC(=O)CCn1ncc(=O)c2ccccc21)c1ccccc1. The number of rotatable bonds is 7. The lowest BCUT2D eigenvalue weighted by Crippen LogP contribution is -2.34. The van der Waals surface area contributed by atoms with Crippen LogP contribution >= 0.6 is 0 Å². The molecule has 7 heteroatoms. The minimum Gasteiger partial charge on any atom is -0.455 e. The summed E-state index contributed by atoms with van der Waals surface area (Å²) in [6.07, 6.45) is 1.28. The molecular weight excluding hydrogens is 358 g/mol. The van der Waals surface area contributed by atoms with Gasteiger partial charge in [0.15, 0.2) is 6.61 Å². The largest absolute Gasteiger partial charge is 0.455 e. The van der Waals surface area contributed by atoms with Crippen molar-refractivity contribution in [1.82, 2.24) is 9.78 Å². The van der Waals surface area contributed by atoms with Crippen molar-refractivity contribution >= 4 is 28.5 Å². The Morgan fingerprint density at radius 3 is 2.54 bits per heavy atom. The molecule has 7 nitrogen and oxygen atoms in total. The normalized spacial score (nSPS) is 10.6. The van der Waals surface area contributed by atoms with Crippen LogP contribution in [0.15, 0.2) is 65.6 Å². The van der Waals surface area contributed by atoms with Gasteiger partial charge in [-0.15, -0.1) is 0 Å². The number of carbonyl (C=O) groups is 2. The molecule has 2 aromatic carbocycles. The van der Waals surface area contributed by atoms with E-state index in [1.807, 2.05) is 37.3 Å². The van der Waals surface area contributed by atoms with Gasteiger partial charge >= 0.3 is 5.97 Å². The van der Waals surface area contributed by atoms with Gasteiger partial charge in [-0.2, -0.15) is 5.10 Å². The number of ether oxygens (including phenoxy) is 1. The van der Waals surface area contributed by atoms with Crippen molar-refractivity contribution in [3.63, 3.8) is 0 Å². The number of esters is 1. The monoisotopic (exact) mass is 379 g/mol. The molecule has 0 aliphatic rings. The fraction of sp³-hybridized carbons (Fsp3) is 0.238. The molecule has 0 fully saturated rings. The van der Waals surface area contributed by atoms with Crippen LogP contribution in [0.4, 0.5) is 5.69 Å². The number of aromatic nitrogens is 2. The molecule has 0 spiro atoms. The number of amides is 1. The number of nitrogens with zero attached hydrogens (tertiary/aromatic N) is 3. The Balaban J connectivity index is 1.57. The van der Waals surface area contributed by atoms with Crippen molar-refractivity contribution < 1.29 is 14.3 Å². The maximum Gasteiger partial charge on any atom is 0.308 e. The van der Waals surface area contributed by atoms with Crippen LogP contribution in [-0.2, 0) is 20.9 Å². The highest BCUT2D eigenvalue weighted by atomic mass is 16.5. The van der Waals surface area contributed by atoms with E-state index in [2.05, 4.69) is 5.10 Å². The van der Waals surface area contributed by atoms with E-state index in [4.69, 9.17) is 4.74 Å². The van der Waals surface area contributed by atoms with Crippen LogP contribution in [0.25, 0.3) is 10.9 Å². The summed E-state index contributed by atoms with van der Waals surface area (Å²) in [5.41, 5.74) is 1.25. The first-order valence-corrected chi connectivity index (χ1v) is 9.06. The highest BCUT2D eigenvalue weighted by molar-refractivity contribution is 5.95. The smallest absolute Gasteiger partial charge is 0.308 e. The molecule has 3 rings (SSSR count). The predicted octanol–water partition coefficient (Wildman–Crippen LogP) is 2.38. The van der Waals surface area contributed by atoms with Gasteiger partial charge in [0.2, 0.25) is 5.43 Å². The van der Waals surface area contributed by atoms with Gasteiger partial charge in [0.25, 0.3) is 5.91 Å². The summed E-state index contributed by atoms with van der Waals surface area (Å²) in [7, 11) is 0. The Hall–Kier alpha value is -3.48. The zero-order valence-corrected chi connectivity index (χ0v) is 15.6. The molecule has 0 bridgehead atoms. The number of carbonyl (C=O) groups excluding carboxylic acids is 2. The average molecular weight is 379 g/mol. The van der Waals surface area contributed by atoms with Crippen molar-refractivity contribution in [2.45, 2.75) is 19.9 Å². The van der Waals surface area contributed by atoms with Crippen LogP contribution in [-0.4, -0.2) is 34.8 Å². The topological polar surface area (TPSA) is 81.5 Å². The second-order valence-corrected chi connectivity index (χ2v) is 6.13. The molecule has 1 amide bonds. The fourth-order valence-corrected chi connectivity index (χ4v) is 2.94. The number of likely N-dealkylation sites (N-methyl/N-ethyl adjacent to an activating group) is 1. The molecular formula is C21H21N3O4. The van der Waals surface area contributed by atoms with Gasteiger partial charge in [0.1, 0.15) is 0 Å². The van der Waals surface area contributed by atoms with Crippen LogP contribution in [0.3, 0.4) is 0 Å². The number of para-hydroxylation sites is 2. The maximum atomic E-state index is 12.4. The third-order valence-electron chi connectivity index (χ3n) is 4.33. The van der Waals surface area contributed by atoms with E-state index >= 15 is 0 Å². The van der Waals surface area contributed by atoms with E-state index in [9.17, 15) is 14.4 Å². The lowest BCUT2D eigenvalue weighted by Gasteiger charge is -2.20. The number of hydrogen-bond acceptors (Lipinski definition) is 5. The zero-order valence-electron chi connectivity index (χ0n) is 15.6. The van der Waals surface area contributed by atoms with Gasteiger partial charge in [-0.05, 0) is 31.2 Å². The predicted molar refractivity (Wildman–Crippen MR) is 106 cm³/mol. The van der Waals surface area contributed by atoms with Crippen LogP contribution in [0.5, 0.6) is 0 Å². The molecule has 3 aromatic rings. The third-order valence-corrected chi connectivity index (χ3v) is 4.33. The van der Waals surface area contributed by atoms with Crippen molar-refractivity contribution in [2.24, 2.45) is 0 Å². The molecule has 0 saturated carbocycles. The first-order chi connectivity index (χ1) is 13.6. The van der Waals surface area contributed by atoms with Gasteiger partial charge in [-0.1, -0.05) is 30.3 Å². The van der Waals surface area contributed by atoms with Crippen LogP contribution in [0.2, 0.25) is 0 Å².